The van der Waals surface area contributed by atoms with Crippen molar-refractivity contribution in [1.82, 2.24) is 10.0 Å². The summed E-state index contributed by atoms with van der Waals surface area (Å²) in [7, 11) is -3.63. The molecule has 0 aliphatic carbocycles. The maximum absolute atomic E-state index is 13.2. The number of sulfonamides is 1. The average Bonchev–Trinajstić information content (AvgIpc) is 2.91. The van der Waals surface area contributed by atoms with Crippen LogP contribution >= 0.6 is 0 Å². The molecule has 0 aromatic heterocycles. The Kier molecular flexibility index (Phi) is 8.65. The minimum Gasteiger partial charge on any atom is -0.484 e. The van der Waals surface area contributed by atoms with E-state index in [1.54, 1.807) is 38.1 Å². The number of benzene rings is 3. The molecule has 0 spiro atoms. The molecule has 0 saturated heterocycles. The van der Waals surface area contributed by atoms with Gasteiger partial charge in [0.25, 0.3) is 11.8 Å². The molecule has 0 fully saturated rings. The second-order valence-corrected chi connectivity index (χ2v) is 10.9. The van der Waals surface area contributed by atoms with Crippen LogP contribution in [0.1, 0.15) is 19.4 Å². The first-order valence-corrected chi connectivity index (χ1v) is 13.8. The summed E-state index contributed by atoms with van der Waals surface area (Å²) in [4.78, 5) is 27.6. The molecule has 0 radical (unpaired) electrons. The predicted octanol–water partition coefficient (Wildman–Crippen LogP) is 2.91. The number of hydrogen-bond donors (Lipinski definition) is 2. The van der Waals surface area contributed by atoms with Gasteiger partial charge in [0.1, 0.15) is 11.5 Å². The van der Waals surface area contributed by atoms with Crippen molar-refractivity contribution in [2.24, 2.45) is 0 Å². The number of ether oxygens (including phenoxy) is 2. The molecule has 4 rings (SSSR count). The standard InChI is InChI=1S/C28H31N3O6S/c1-20(2)30-38(34,35)23-14-12-22(13-15-23)36-19-27(32)31-18-26(37-25-11-7-6-10-24(25)31)28(33)29-17-16-21-8-4-3-5-9-21/h3-15,20,26,30H,16-19H2,1-2H3,(H,29,33)/t26-/m0/s1. The number of nitrogens with one attached hydrogen (secondary N) is 2. The van der Waals surface area contributed by atoms with Crippen molar-refractivity contribution in [3.63, 3.8) is 0 Å². The largest absolute Gasteiger partial charge is 0.484 e. The molecule has 1 aliphatic heterocycles. The number of hydrogen-bond acceptors (Lipinski definition) is 6. The zero-order valence-electron chi connectivity index (χ0n) is 21.3. The van der Waals surface area contributed by atoms with Crippen molar-refractivity contribution in [1.29, 1.82) is 0 Å². The highest BCUT2D eigenvalue weighted by Crippen LogP contribution is 2.33. The molecule has 2 N–H and O–H groups in total. The van der Waals surface area contributed by atoms with Crippen LogP contribution in [0, 0.1) is 0 Å². The smallest absolute Gasteiger partial charge is 0.265 e. The van der Waals surface area contributed by atoms with Crippen molar-refractivity contribution in [2.75, 3.05) is 24.6 Å². The molecule has 0 bridgehead atoms. The number of carbonyl (C=O) groups is 2. The highest BCUT2D eigenvalue weighted by molar-refractivity contribution is 7.89. The van der Waals surface area contributed by atoms with Crippen LogP contribution in [0.5, 0.6) is 11.5 Å². The Labute approximate surface area is 222 Å². The molecule has 0 unspecified atom stereocenters. The third kappa shape index (κ3) is 6.90. The monoisotopic (exact) mass is 537 g/mol. The van der Waals surface area contributed by atoms with Crippen molar-refractivity contribution in [3.05, 3.63) is 84.4 Å². The van der Waals surface area contributed by atoms with Gasteiger partial charge < -0.3 is 19.7 Å². The fraction of sp³-hybridized carbons (Fsp3) is 0.286. The number of fused-ring (bicyclic) bond motifs is 1. The molecule has 3 aromatic carbocycles. The summed E-state index contributed by atoms with van der Waals surface area (Å²) >= 11 is 0. The van der Waals surface area contributed by atoms with Crippen molar-refractivity contribution < 1.29 is 27.5 Å². The zero-order valence-corrected chi connectivity index (χ0v) is 22.1. The van der Waals surface area contributed by atoms with Crippen LogP contribution in [-0.4, -0.2) is 52.1 Å². The molecule has 10 heteroatoms. The van der Waals surface area contributed by atoms with Gasteiger partial charge in [-0.15, -0.1) is 0 Å². The lowest BCUT2D eigenvalue weighted by Crippen LogP contribution is -2.52. The van der Waals surface area contributed by atoms with Crippen molar-refractivity contribution in [3.8, 4) is 11.5 Å². The van der Waals surface area contributed by atoms with Crippen LogP contribution in [0.4, 0.5) is 5.69 Å². The second-order valence-electron chi connectivity index (χ2n) is 9.14. The number of nitrogens with zero attached hydrogens (tertiary/aromatic N) is 1. The number of anilines is 1. The van der Waals surface area contributed by atoms with Gasteiger partial charge in [0, 0.05) is 12.6 Å². The van der Waals surface area contributed by atoms with Gasteiger partial charge in [-0.3, -0.25) is 9.59 Å². The van der Waals surface area contributed by atoms with Crippen LogP contribution in [0.25, 0.3) is 0 Å². The Morgan fingerprint density at radius 2 is 1.68 bits per heavy atom. The Balaban J connectivity index is 1.38. The van der Waals surface area contributed by atoms with Gasteiger partial charge in [-0.05, 0) is 62.2 Å². The predicted molar refractivity (Wildman–Crippen MR) is 144 cm³/mol. The summed E-state index contributed by atoms with van der Waals surface area (Å²) < 4.78 is 38.7. The summed E-state index contributed by atoms with van der Waals surface area (Å²) in [6, 6.07) is 22.5. The minimum atomic E-state index is -3.63. The van der Waals surface area contributed by atoms with Crippen LogP contribution in [0.3, 0.4) is 0 Å². The van der Waals surface area contributed by atoms with Gasteiger partial charge in [0.2, 0.25) is 10.0 Å². The van der Waals surface area contributed by atoms with E-state index in [0.717, 1.165) is 5.56 Å². The number of para-hydroxylation sites is 2. The summed E-state index contributed by atoms with van der Waals surface area (Å²) in [6.07, 6.45) is -0.192. The molecular formula is C28H31N3O6S. The van der Waals surface area contributed by atoms with E-state index in [4.69, 9.17) is 9.47 Å². The summed E-state index contributed by atoms with van der Waals surface area (Å²) in [5.74, 6) is 0.114. The third-order valence-electron chi connectivity index (χ3n) is 5.81. The van der Waals surface area contributed by atoms with E-state index in [-0.39, 0.29) is 35.9 Å². The molecule has 1 aliphatic rings. The fourth-order valence-corrected chi connectivity index (χ4v) is 5.26. The van der Waals surface area contributed by atoms with Gasteiger partial charge >= 0.3 is 0 Å². The van der Waals surface area contributed by atoms with Gasteiger partial charge in [0.05, 0.1) is 17.1 Å². The van der Waals surface area contributed by atoms with Gasteiger partial charge in [-0.25, -0.2) is 13.1 Å². The van der Waals surface area contributed by atoms with E-state index in [2.05, 4.69) is 10.0 Å². The van der Waals surface area contributed by atoms with Gasteiger partial charge in [-0.1, -0.05) is 42.5 Å². The molecule has 200 valence electrons. The van der Waals surface area contributed by atoms with Crippen LogP contribution in [0.15, 0.2) is 83.8 Å². The number of amides is 2. The van der Waals surface area contributed by atoms with E-state index in [1.807, 2.05) is 30.3 Å². The lowest BCUT2D eigenvalue weighted by Gasteiger charge is -2.34. The van der Waals surface area contributed by atoms with E-state index < -0.39 is 16.1 Å². The highest BCUT2D eigenvalue weighted by Gasteiger charge is 2.33. The number of rotatable bonds is 10. The Hall–Kier alpha value is -3.89. The molecule has 2 amide bonds. The summed E-state index contributed by atoms with van der Waals surface area (Å²) in [6.45, 7) is 3.66. The Morgan fingerprint density at radius 1 is 1.00 bits per heavy atom. The maximum atomic E-state index is 13.2. The first kappa shape index (κ1) is 27.2. The van der Waals surface area contributed by atoms with E-state index in [1.165, 1.54) is 29.2 Å². The topological polar surface area (TPSA) is 114 Å². The molecule has 3 aromatic rings. The average molecular weight is 538 g/mol. The quantitative estimate of drug-likeness (QED) is 0.411. The maximum Gasteiger partial charge on any atom is 0.265 e. The molecule has 1 atom stereocenters. The molecule has 9 nitrogen and oxygen atoms in total. The number of carbonyl (C=O) groups excluding carboxylic acids is 2. The van der Waals surface area contributed by atoms with E-state index in [9.17, 15) is 18.0 Å². The highest BCUT2D eigenvalue weighted by atomic mass is 32.2. The Morgan fingerprint density at radius 3 is 2.39 bits per heavy atom. The fourth-order valence-electron chi connectivity index (χ4n) is 4.01. The molecular weight excluding hydrogens is 506 g/mol. The minimum absolute atomic E-state index is 0.0361. The normalized spacial score (nSPS) is 14.9. The van der Waals surface area contributed by atoms with Gasteiger partial charge in [-0.2, -0.15) is 0 Å². The third-order valence-corrected chi connectivity index (χ3v) is 7.48. The Bertz CT molecular complexity index is 1360. The SMILES string of the molecule is CC(C)NS(=O)(=O)c1ccc(OCC(=O)N2C[C@@H](C(=O)NCCc3ccccc3)Oc3ccccc32)cc1. The van der Waals surface area contributed by atoms with E-state index in [0.29, 0.717) is 30.2 Å². The van der Waals surface area contributed by atoms with Gasteiger partial charge in [0.15, 0.2) is 12.7 Å². The molecule has 0 saturated carbocycles. The lowest BCUT2D eigenvalue weighted by molar-refractivity contribution is -0.128. The van der Waals surface area contributed by atoms with Crippen molar-refractivity contribution >= 4 is 27.5 Å². The molecule has 38 heavy (non-hydrogen) atoms. The van der Waals surface area contributed by atoms with Crippen LogP contribution < -0.4 is 24.4 Å². The van der Waals surface area contributed by atoms with Crippen molar-refractivity contribution in [2.45, 2.75) is 37.3 Å². The van der Waals surface area contributed by atoms with Crippen LogP contribution in [-0.2, 0) is 26.0 Å². The second kappa shape index (κ2) is 12.1. The van der Waals surface area contributed by atoms with Crippen LogP contribution in [0.2, 0.25) is 0 Å². The lowest BCUT2D eigenvalue weighted by atomic mass is 10.1. The zero-order chi connectivity index (χ0) is 27.1. The van der Waals surface area contributed by atoms with E-state index >= 15 is 0 Å². The summed E-state index contributed by atoms with van der Waals surface area (Å²) in [5.41, 5.74) is 1.66. The summed E-state index contributed by atoms with van der Waals surface area (Å²) in [5, 5.41) is 2.89. The first-order chi connectivity index (χ1) is 18.2. The molecule has 1 heterocycles. The first-order valence-electron chi connectivity index (χ1n) is 12.4.